The Labute approximate surface area is 271 Å². The lowest BCUT2D eigenvalue weighted by molar-refractivity contribution is -0.328. The molecule has 1 saturated heterocycles. The van der Waals surface area contributed by atoms with Crippen LogP contribution in [0, 0.1) is 50.2 Å². The van der Waals surface area contributed by atoms with E-state index in [1.165, 1.54) is 0 Å². The van der Waals surface area contributed by atoms with E-state index in [1.807, 2.05) is 6.92 Å². The molecule has 46 heavy (non-hydrogen) atoms. The minimum absolute atomic E-state index is 0.0713. The SMILES string of the molecule is C[C@@]1(C(=O)O)CC[C@]2(C(=O)O)CC[C@]3(C)C(=CC[C@@H]4[C@@]5(C)C[C@H](O)[C@H](O[C@@H]6OC[C@@H](O)[C@H](O)[C@H]6O)[C@@](C)(CO)C5CC[C@]43C)[C@H]2C1. The van der Waals surface area contributed by atoms with Gasteiger partial charge in [0.05, 0.1) is 36.3 Å². The second kappa shape index (κ2) is 11.0. The monoisotopic (exact) mass is 650 g/mol. The van der Waals surface area contributed by atoms with Gasteiger partial charge >= 0.3 is 11.9 Å². The van der Waals surface area contributed by atoms with Crippen LogP contribution in [0.2, 0.25) is 0 Å². The van der Waals surface area contributed by atoms with Crippen molar-refractivity contribution in [2.75, 3.05) is 13.2 Å². The van der Waals surface area contributed by atoms with Gasteiger partial charge in [-0.05, 0) is 98.7 Å². The van der Waals surface area contributed by atoms with Crippen molar-refractivity contribution in [3.63, 3.8) is 0 Å². The topological polar surface area (TPSA) is 194 Å². The number of carboxylic acid groups (broad SMARTS) is 2. The maximum absolute atomic E-state index is 13.0. The summed E-state index contributed by atoms with van der Waals surface area (Å²) in [6.07, 6.45) is -0.432. The van der Waals surface area contributed by atoms with Crippen molar-refractivity contribution in [3.8, 4) is 0 Å². The second-order valence-electron chi connectivity index (χ2n) is 17.1. The minimum Gasteiger partial charge on any atom is -0.481 e. The van der Waals surface area contributed by atoms with Crippen molar-refractivity contribution < 1.29 is 54.8 Å². The van der Waals surface area contributed by atoms with E-state index in [9.17, 15) is 45.3 Å². The number of fused-ring (bicyclic) bond motifs is 7. The maximum atomic E-state index is 13.0. The number of aliphatic hydroxyl groups is 5. The standard InChI is InChI=1S/C35H54O11/c1-30(28(41)42)10-12-35(29(43)44)13-11-33(4)18(19(35)14-30)6-7-23-31(2)15-20(37)26(46-27-25(40)24(39)21(38)16-45-27)32(3,17-36)22(31)8-9-34(23,33)5/h6,19-27,36-40H,7-17H2,1-5H3,(H,41,42)(H,43,44)/t19-,20+,21-,22?,23-,24+,25-,26+,27+,30-,31+,32+,33-,34-,35+/m1/s1. The second-order valence-corrected chi connectivity index (χ2v) is 17.1. The highest BCUT2D eigenvalue weighted by Gasteiger charge is 2.71. The lowest BCUT2D eigenvalue weighted by atomic mass is 9.33. The lowest BCUT2D eigenvalue weighted by Gasteiger charge is -2.71. The highest BCUT2D eigenvalue weighted by atomic mass is 16.7. The number of hydrogen-bond acceptors (Lipinski definition) is 9. The van der Waals surface area contributed by atoms with Gasteiger partial charge in [-0.3, -0.25) is 9.59 Å². The molecule has 7 N–H and O–H groups in total. The van der Waals surface area contributed by atoms with Gasteiger partial charge in [-0.1, -0.05) is 39.3 Å². The zero-order valence-electron chi connectivity index (χ0n) is 27.8. The summed E-state index contributed by atoms with van der Waals surface area (Å²) >= 11 is 0. The van der Waals surface area contributed by atoms with Gasteiger partial charge in [0.2, 0.25) is 0 Å². The molecule has 0 bridgehead atoms. The van der Waals surface area contributed by atoms with E-state index in [0.717, 1.165) is 18.4 Å². The zero-order chi connectivity index (χ0) is 33.8. The maximum Gasteiger partial charge on any atom is 0.310 e. The Morgan fingerprint density at radius 2 is 1.54 bits per heavy atom. The summed E-state index contributed by atoms with van der Waals surface area (Å²) in [4.78, 5) is 25.4. The van der Waals surface area contributed by atoms with E-state index in [1.54, 1.807) is 6.92 Å². The van der Waals surface area contributed by atoms with Crippen LogP contribution in [0.4, 0.5) is 0 Å². The summed E-state index contributed by atoms with van der Waals surface area (Å²) in [5.74, 6) is -2.05. The number of aliphatic carboxylic acids is 2. The fourth-order valence-corrected chi connectivity index (χ4v) is 12.1. The molecule has 0 aromatic carbocycles. The normalized spacial score (nSPS) is 55.2. The van der Waals surface area contributed by atoms with Crippen molar-refractivity contribution in [2.45, 2.75) is 129 Å². The van der Waals surface area contributed by atoms with Gasteiger partial charge in [-0.25, -0.2) is 0 Å². The van der Waals surface area contributed by atoms with Gasteiger partial charge in [-0.15, -0.1) is 0 Å². The van der Waals surface area contributed by atoms with Crippen LogP contribution in [-0.2, 0) is 19.1 Å². The lowest BCUT2D eigenvalue weighted by Crippen LogP contribution is -2.69. The van der Waals surface area contributed by atoms with Crippen molar-refractivity contribution in [2.24, 2.45) is 50.2 Å². The molecular formula is C35H54O11. The van der Waals surface area contributed by atoms with Crippen molar-refractivity contribution in [1.29, 1.82) is 0 Å². The zero-order valence-corrected chi connectivity index (χ0v) is 27.8. The van der Waals surface area contributed by atoms with Crippen LogP contribution in [0.3, 0.4) is 0 Å². The number of aliphatic hydroxyl groups excluding tert-OH is 5. The van der Waals surface area contributed by atoms with Gasteiger partial charge in [0, 0.05) is 5.41 Å². The van der Waals surface area contributed by atoms with E-state index < -0.39 is 70.4 Å². The molecule has 15 atom stereocenters. The average molecular weight is 651 g/mol. The molecule has 0 amide bonds. The molecule has 6 rings (SSSR count). The molecule has 1 aliphatic heterocycles. The Balaban J connectivity index is 1.35. The minimum atomic E-state index is -1.52. The Hall–Kier alpha value is -1.60. The summed E-state index contributed by atoms with van der Waals surface area (Å²) in [5.41, 5.74) is -2.84. The Bertz CT molecular complexity index is 1290. The molecule has 0 radical (unpaired) electrons. The van der Waals surface area contributed by atoms with Crippen LogP contribution in [0.5, 0.6) is 0 Å². The molecule has 1 unspecified atom stereocenters. The number of hydrogen-bond donors (Lipinski definition) is 7. The highest BCUT2D eigenvalue weighted by Crippen LogP contribution is 2.76. The van der Waals surface area contributed by atoms with Crippen molar-refractivity contribution in [1.82, 2.24) is 0 Å². The highest BCUT2D eigenvalue weighted by molar-refractivity contribution is 5.79. The quantitative estimate of drug-likeness (QED) is 0.171. The summed E-state index contributed by atoms with van der Waals surface area (Å²) in [6.45, 7) is 9.93. The molecule has 5 fully saturated rings. The molecular weight excluding hydrogens is 596 g/mol. The van der Waals surface area contributed by atoms with Crippen LogP contribution < -0.4 is 0 Å². The van der Waals surface area contributed by atoms with Gasteiger partial charge in [-0.2, -0.15) is 0 Å². The van der Waals surface area contributed by atoms with E-state index in [0.29, 0.717) is 44.9 Å². The van der Waals surface area contributed by atoms with Crippen LogP contribution in [0.1, 0.15) is 92.4 Å². The Morgan fingerprint density at radius 3 is 2.17 bits per heavy atom. The van der Waals surface area contributed by atoms with Crippen molar-refractivity contribution in [3.05, 3.63) is 11.6 Å². The van der Waals surface area contributed by atoms with E-state index in [2.05, 4.69) is 26.8 Å². The third-order valence-electron chi connectivity index (χ3n) is 15.1. The molecule has 11 heteroatoms. The number of rotatable bonds is 5. The van der Waals surface area contributed by atoms with Gasteiger partial charge in [0.15, 0.2) is 6.29 Å². The number of carboxylic acids is 2. The Kier molecular flexibility index (Phi) is 8.16. The first-order valence-electron chi connectivity index (χ1n) is 17.1. The predicted molar refractivity (Wildman–Crippen MR) is 164 cm³/mol. The van der Waals surface area contributed by atoms with E-state index in [4.69, 9.17) is 9.47 Å². The molecule has 1 heterocycles. The summed E-state index contributed by atoms with van der Waals surface area (Å²) < 4.78 is 11.7. The van der Waals surface area contributed by atoms with Crippen molar-refractivity contribution >= 4 is 11.9 Å². The fraction of sp³-hybridized carbons (Fsp3) is 0.886. The largest absolute Gasteiger partial charge is 0.481 e. The van der Waals surface area contributed by atoms with E-state index in [-0.39, 0.29) is 41.8 Å². The van der Waals surface area contributed by atoms with Gasteiger partial charge < -0.3 is 45.2 Å². The first-order valence-corrected chi connectivity index (χ1v) is 17.1. The molecule has 260 valence electrons. The predicted octanol–water partition coefficient (Wildman–Crippen LogP) is 2.70. The number of carbonyl (C=O) groups is 2. The third kappa shape index (κ3) is 4.41. The molecule has 6 aliphatic rings. The van der Waals surface area contributed by atoms with Gasteiger partial charge in [0.25, 0.3) is 0 Å². The molecule has 0 aromatic rings. The first-order chi connectivity index (χ1) is 21.3. The first kappa shape index (κ1) is 34.3. The fourth-order valence-electron chi connectivity index (χ4n) is 12.1. The molecule has 0 aromatic heterocycles. The Morgan fingerprint density at radius 1 is 0.870 bits per heavy atom. The van der Waals surface area contributed by atoms with Crippen LogP contribution >= 0.6 is 0 Å². The number of ether oxygens (including phenoxy) is 2. The van der Waals surface area contributed by atoms with Crippen LogP contribution in [0.25, 0.3) is 0 Å². The van der Waals surface area contributed by atoms with Gasteiger partial charge in [0.1, 0.15) is 18.3 Å². The number of allylic oxidation sites excluding steroid dienone is 2. The van der Waals surface area contributed by atoms with Crippen LogP contribution in [0.15, 0.2) is 11.6 Å². The van der Waals surface area contributed by atoms with Crippen LogP contribution in [-0.4, -0.2) is 97.7 Å². The smallest absolute Gasteiger partial charge is 0.310 e. The summed E-state index contributed by atoms with van der Waals surface area (Å²) in [5, 5.41) is 74.3. The summed E-state index contributed by atoms with van der Waals surface area (Å²) in [6, 6.07) is 0. The van der Waals surface area contributed by atoms with E-state index >= 15 is 0 Å². The molecule has 5 aliphatic carbocycles. The molecule has 0 spiro atoms. The average Bonchev–Trinajstić information content (AvgIpc) is 2.99. The third-order valence-corrected chi connectivity index (χ3v) is 15.1. The summed E-state index contributed by atoms with van der Waals surface area (Å²) in [7, 11) is 0. The molecule has 11 nitrogen and oxygen atoms in total. The molecule has 4 saturated carbocycles.